The highest BCUT2D eigenvalue weighted by Crippen LogP contribution is 2.31. The van der Waals surface area contributed by atoms with Crippen molar-refractivity contribution in [3.63, 3.8) is 0 Å². The Morgan fingerprint density at radius 2 is 2.10 bits per heavy atom. The maximum absolute atomic E-state index is 11.1. The van der Waals surface area contributed by atoms with Crippen molar-refractivity contribution in [2.24, 2.45) is 0 Å². The summed E-state index contributed by atoms with van der Waals surface area (Å²) in [6.07, 6.45) is 0.766. The second-order valence-electron chi connectivity index (χ2n) is 3.85. The summed E-state index contributed by atoms with van der Waals surface area (Å²) in [5.41, 5.74) is -0.0688. The molecule has 0 saturated carbocycles. The van der Waals surface area contributed by atoms with Crippen molar-refractivity contribution < 1.29 is 23.9 Å². The molecule has 0 heterocycles. The Kier molecular flexibility index (Phi) is 6.28. The van der Waals surface area contributed by atoms with Crippen LogP contribution < -0.4 is 9.47 Å². The van der Waals surface area contributed by atoms with Crippen molar-refractivity contribution in [1.82, 2.24) is 0 Å². The lowest BCUT2D eigenvalue weighted by atomic mass is 10.3. The summed E-state index contributed by atoms with van der Waals surface area (Å²) in [6, 6.07) is 4.10. The van der Waals surface area contributed by atoms with E-state index in [1.54, 1.807) is 6.92 Å². The molecule has 110 valence electrons. The molecule has 7 heteroatoms. The second kappa shape index (κ2) is 7.98. The molecule has 0 N–H and O–H groups in total. The largest absolute Gasteiger partial charge is 0.493 e. The van der Waals surface area contributed by atoms with E-state index in [1.807, 2.05) is 0 Å². The first-order valence-electron chi connectivity index (χ1n) is 6.19. The fourth-order valence-electron chi connectivity index (χ4n) is 1.52. The van der Waals surface area contributed by atoms with Gasteiger partial charge in [-0.15, -0.1) is 0 Å². The Labute approximate surface area is 116 Å². The lowest BCUT2D eigenvalue weighted by molar-refractivity contribution is -0.385. The smallest absolute Gasteiger partial charge is 0.305 e. The van der Waals surface area contributed by atoms with Crippen molar-refractivity contribution in [2.75, 3.05) is 20.3 Å². The molecule has 0 radical (unpaired) electrons. The van der Waals surface area contributed by atoms with E-state index in [0.717, 1.165) is 0 Å². The van der Waals surface area contributed by atoms with E-state index in [0.29, 0.717) is 25.4 Å². The van der Waals surface area contributed by atoms with Crippen LogP contribution in [-0.2, 0) is 9.53 Å². The molecule has 0 amide bonds. The summed E-state index contributed by atoms with van der Waals surface area (Å²) in [4.78, 5) is 21.2. The standard InChI is InChI=1S/C13H17NO6/c1-3-19-13(15)5-4-8-20-11-7-6-10(14(16)17)9-12(11)18-2/h6-7,9H,3-5,8H2,1-2H3. The van der Waals surface area contributed by atoms with Crippen LogP contribution in [-0.4, -0.2) is 31.2 Å². The van der Waals surface area contributed by atoms with Gasteiger partial charge in [-0.3, -0.25) is 14.9 Å². The summed E-state index contributed by atoms with van der Waals surface area (Å²) in [7, 11) is 1.41. The Morgan fingerprint density at radius 3 is 2.70 bits per heavy atom. The van der Waals surface area contributed by atoms with Gasteiger partial charge in [0.25, 0.3) is 5.69 Å². The van der Waals surface area contributed by atoms with Crippen LogP contribution in [0.1, 0.15) is 19.8 Å². The van der Waals surface area contributed by atoms with Crippen LogP contribution in [0.5, 0.6) is 11.5 Å². The van der Waals surface area contributed by atoms with Crippen molar-refractivity contribution in [1.29, 1.82) is 0 Å². The Hall–Kier alpha value is -2.31. The van der Waals surface area contributed by atoms with Gasteiger partial charge >= 0.3 is 5.97 Å². The number of esters is 1. The van der Waals surface area contributed by atoms with Crippen LogP contribution in [0.3, 0.4) is 0 Å². The topological polar surface area (TPSA) is 87.9 Å². The van der Waals surface area contributed by atoms with Crippen molar-refractivity contribution in [2.45, 2.75) is 19.8 Å². The first-order valence-corrected chi connectivity index (χ1v) is 6.19. The SMILES string of the molecule is CCOC(=O)CCCOc1ccc([N+](=O)[O-])cc1OC. The van der Waals surface area contributed by atoms with Gasteiger partial charge in [-0.25, -0.2) is 0 Å². The van der Waals surface area contributed by atoms with Crippen LogP contribution in [0.15, 0.2) is 18.2 Å². The first kappa shape index (κ1) is 15.7. The Balaban J connectivity index is 2.51. The highest BCUT2D eigenvalue weighted by Gasteiger charge is 2.12. The number of hydrogen-bond acceptors (Lipinski definition) is 6. The molecule has 0 aromatic heterocycles. The third-order valence-electron chi connectivity index (χ3n) is 2.45. The molecule has 1 aromatic rings. The zero-order valence-corrected chi connectivity index (χ0v) is 11.5. The minimum Gasteiger partial charge on any atom is -0.493 e. The molecular formula is C13H17NO6. The van der Waals surface area contributed by atoms with Crippen LogP contribution >= 0.6 is 0 Å². The van der Waals surface area contributed by atoms with Crippen molar-refractivity contribution in [3.8, 4) is 11.5 Å². The zero-order valence-electron chi connectivity index (χ0n) is 11.5. The summed E-state index contributed by atoms with van der Waals surface area (Å²) in [6.45, 7) is 2.40. The number of carbonyl (C=O) groups excluding carboxylic acids is 1. The van der Waals surface area contributed by atoms with E-state index in [1.165, 1.54) is 25.3 Å². The Bertz CT molecular complexity index is 474. The molecule has 1 aromatic carbocycles. The van der Waals surface area contributed by atoms with Crippen molar-refractivity contribution in [3.05, 3.63) is 28.3 Å². The minimum atomic E-state index is -0.507. The summed E-state index contributed by atoms with van der Waals surface area (Å²) in [5, 5.41) is 10.6. The van der Waals surface area contributed by atoms with E-state index >= 15 is 0 Å². The highest BCUT2D eigenvalue weighted by molar-refractivity contribution is 5.69. The van der Waals surface area contributed by atoms with E-state index in [4.69, 9.17) is 14.2 Å². The third-order valence-corrected chi connectivity index (χ3v) is 2.45. The van der Waals surface area contributed by atoms with E-state index in [9.17, 15) is 14.9 Å². The molecule has 0 spiro atoms. The molecule has 7 nitrogen and oxygen atoms in total. The highest BCUT2D eigenvalue weighted by atomic mass is 16.6. The minimum absolute atomic E-state index is 0.0688. The molecule has 0 fully saturated rings. The van der Waals surface area contributed by atoms with Gasteiger partial charge in [-0.05, 0) is 19.4 Å². The number of methoxy groups -OCH3 is 1. The first-order chi connectivity index (χ1) is 9.58. The van der Waals surface area contributed by atoms with Gasteiger partial charge in [0.05, 0.1) is 31.3 Å². The molecule has 0 aliphatic heterocycles. The summed E-state index contributed by atoms with van der Waals surface area (Å²) in [5.74, 6) is 0.420. The number of carbonyl (C=O) groups is 1. The quantitative estimate of drug-likeness (QED) is 0.315. The van der Waals surface area contributed by atoms with Crippen LogP contribution in [0.4, 0.5) is 5.69 Å². The number of rotatable bonds is 8. The number of nitrogens with zero attached hydrogens (tertiary/aromatic N) is 1. The summed E-state index contributed by atoms with van der Waals surface area (Å²) >= 11 is 0. The lowest BCUT2D eigenvalue weighted by Gasteiger charge is -2.10. The fourth-order valence-corrected chi connectivity index (χ4v) is 1.52. The molecular weight excluding hydrogens is 266 g/mol. The second-order valence-corrected chi connectivity index (χ2v) is 3.85. The molecule has 0 saturated heterocycles. The fraction of sp³-hybridized carbons (Fsp3) is 0.462. The molecule has 0 unspecified atom stereocenters. The third kappa shape index (κ3) is 4.75. The molecule has 20 heavy (non-hydrogen) atoms. The number of nitro benzene ring substituents is 1. The van der Waals surface area contributed by atoms with Crippen LogP contribution in [0, 0.1) is 10.1 Å². The summed E-state index contributed by atoms with van der Waals surface area (Å²) < 4.78 is 15.3. The van der Waals surface area contributed by atoms with Crippen molar-refractivity contribution >= 4 is 11.7 Å². The average Bonchev–Trinajstić information content (AvgIpc) is 2.43. The maximum atomic E-state index is 11.1. The van der Waals surface area contributed by atoms with Gasteiger partial charge in [-0.1, -0.05) is 0 Å². The monoisotopic (exact) mass is 283 g/mol. The number of non-ortho nitro benzene ring substituents is 1. The van der Waals surface area contributed by atoms with Gasteiger partial charge in [-0.2, -0.15) is 0 Å². The van der Waals surface area contributed by atoms with Gasteiger partial charge in [0, 0.05) is 12.5 Å². The zero-order chi connectivity index (χ0) is 15.0. The molecule has 0 atom stereocenters. The van der Waals surface area contributed by atoms with Crippen LogP contribution in [0.2, 0.25) is 0 Å². The number of benzene rings is 1. The van der Waals surface area contributed by atoms with E-state index in [2.05, 4.69) is 0 Å². The van der Waals surface area contributed by atoms with E-state index < -0.39 is 4.92 Å². The molecule has 0 aliphatic carbocycles. The molecule has 0 bridgehead atoms. The number of nitro groups is 1. The van der Waals surface area contributed by atoms with Gasteiger partial charge in [0.15, 0.2) is 11.5 Å². The van der Waals surface area contributed by atoms with E-state index in [-0.39, 0.29) is 23.8 Å². The number of hydrogen-bond donors (Lipinski definition) is 0. The van der Waals surface area contributed by atoms with Gasteiger partial charge < -0.3 is 14.2 Å². The Morgan fingerprint density at radius 1 is 1.35 bits per heavy atom. The molecule has 0 aliphatic rings. The predicted octanol–water partition coefficient (Wildman–Crippen LogP) is 2.33. The normalized spacial score (nSPS) is 9.90. The number of ether oxygens (including phenoxy) is 3. The van der Waals surface area contributed by atoms with Gasteiger partial charge in [0.1, 0.15) is 0 Å². The maximum Gasteiger partial charge on any atom is 0.305 e. The molecule has 1 rings (SSSR count). The average molecular weight is 283 g/mol. The predicted molar refractivity (Wildman–Crippen MR) is 71.0 cm³/mol. The lowest BCUT2D eigenvalue weighted by Crippen LogP contribution is -2.07. The van der Waals surface area contributed by atoms with Gasteiger partial charge in [0.2, 0.25) is 0 Å². The van der Waals surface area contributed by atoms with Crippen LogP contribution in [0.25, 0.3) is 0 Å².